The van der Waals surface area contributed by atoms with Crippen molar-refractivity contribution in [1.29, 1.82) is 5.26 Å². The maximum Gasteiger partial charge on any atom is 0.282 e. The Morgan fingerprint density at radius 1 is 1.09 bits per heavy atom. The second-order valence-electron chi connectivity index (χ2n) is 12.8. The standard InChI is InChI=1S/C35H38N8O3Si/c1-23-12-13-42-31(23)35(44)43(27-10-8-7-9-11-27)33(40-42)24(2)39-32-30-29(26-16-25(19-36)17-28(18-26)45-3)20-41(34(30)38-21-37-32)22-46-14-15-47(4,5)6/h7-13,16-18,20-21,24H,14-15,22H2,1-6H3,(H,37,38,39). The van der Waals surface area contributed by atoms with Crippen molar-refractivity contribution >= 4 is 30.4 Å². The predicted molar refractivity (Wildman–Crippen MR) is 186 cm³/mol. The molecule has 0 aliphatic heterocycles. The van der Waals surface area contributed by atoms with Crippen LogP contribution in [0.4, 0.5) is 5.82 Å². The van der Waals surface area contributed by atoms with Crippen LogP contribution < -0.4 is 15.6 Å². The van der Waals surface area contributed by atoms with E-state index in [9.17, 15) is 10.1 Å². The van der Waals surface area contributed by atoms with Gasteiger partial charge in [0, 0.05) is 32.6 Å². The van der Waals surface area contributed by atoms with Crippen LogP contribution in [0, 0.1) is 18.3 Å². The summed E-state index contributed by atoms with van der Waals surface area (Å²) in [5.74, 6) is 1.63. The smallest absolute Gasteiger partial charge is 0.282 e. The minimum Gasteiger partial charge on any atom is -0.497 e. The Kier molecular flexibility index (Phi) is 8.68. The molecule has 6 aromatic rings. The molecule has 4 heterocycles. The van der Waals surface area contributed by atoms with Crippen LogP contribution in [0.15, 0.2) is 78.1 Å². The number of nitriles is 1. The number of methoxy groups -OCH3 is 1. The maximum absolute atomic E-state index is 13.9. The largest absolute Gasteiger partial charge is 0.497 e. The molecule has 4 aromatic heterocycles. The summed E-state index contributed by atoms with van der Waals surface area (Å²) in [6.45, 7) is 11.8. The monoisotopic (exact) mass is 646 g/mol. The number of hydrogen-bond acceptors (Lipinski definition) is 8. The van der Waals surface area contributed by atoms with Gasteiger partial charge in [0.1, 0.15) is 35.8 Å². The molecule has 6 rings (SSSR count). The normalized spacial score (nSPS) is 12.4. The minimum absolute atomic E-state index is 0.159. The third-order valence-electron chi connectivity index (χ3n) is 8.13. The van der Waals surface area contributed by atoms with Crippen LogP contribution in [0.1, 0.15) is 29.9 Å². The molecule has 0 aliphatic carbocycles. The number of anilines is 1. The molecule has 0 aliphatic rings. The molecule has 2 aromatic carbocycles. The SMILES string of the molecule is COc1cc(C#N)cc(-c2cn(COCC[Si](C)(C)C)c3ncnc(NC(C)c4nn5ccc(C)c5c(=O)n4-c4ccccc4)c23)c1. The number of rotatable bonds is 11. The van der Waals surface area contributed by atoms with Crippen molar-refractivity contribution in [2.24, 2.45) is 0 Å². The van der Waals surface area contributed by atoms with Crippen molar-refractivity contribution in [3.63, 3.8) is 0 Å². The number of benzene rings is 2. The number of ether oxygens (including phenoxy) is 2. The third-order valence-corrected chi connectivity index (χ3v) is 9.84. The van der Waals surface area contributed by atoms with E-state index in [0.29, 0.717) is 53.1 Å². The summed E-state index contributed by atoms with van der Waals surface area (Å²) < 4.78 is 16.9. The van der Waals surface area contributed by atoms with E-state index in [-0.39, 0.29) is 5.56 Å². The minimum atomic E-state index is -1.27. The van der Waals surface area contributed by atoms with Crippen LogP contribution in [0.25, 0.3) is 33.4 Å². The van der Waals surface area contributed by atoms with Gasteiger partial charge in [-0.3, -0.25) is 9.36 Å². The second kappa shape index (κ2) is 12.9. The van der Waals surface area contributed by atoms with Gasteiger partial charge in [0.2, 0.25) is 0 Å². The lowest BCUT2D eigenvalue weighted by Gasteiger charge is -2.20. The molecule has 47 heavy (non-hydrogen) atoms. The van der Waals surface area contributed by atoms with Gasteiger partial charge in [-0.05, 0) is 67.4 Å². The lowest BCUT2D eigenvalue weighted by molar-refractivity contribution is 0.0899. The summed E-state index contributed by atoms with van der Waals surface area (Å²) >= 11 is 0. The molecule has 1 atom stereocenters. The Hall–Kier alpha value is -5.25. The molecule has 0 saturated heterocycles. The molecule has 240 valence electrons. The van der Waals surface area contributed by atoms with Gasteiger partial charge < -0.3 is 19.4 Å². The fraction of sp³-hybridized carbons (Fsp3) is 0.286. The van der Waals surface area contributed by atoms with E-state index in [1.54, 1.807) is 28.5 Å². The van der Waals surface area contributed by atoms with Gasteiger partial charge in [0.15, 0.2) is 5.82 Å². The molecule has 12 heteroatoms. The van der Waals surface area contributed by atoms with Gasteiger partial charge in [0.05, 0.1) is 35.9 Å². The molecule has 0 radical (unpaired) electrons. The Labute approximate surface area is 274 Å². The fourth-order valence-corrected chi connectivity index (χ4v) is 6.39. The van der Waals surface area contributed by atoms with Crippen LogP contribution in [-0.2, 0) is 11.5 Å². The first kappa shape index (κ1) is 31.7. The highest BCUT2D eigenvalue weighted by atomic mass is 28.3. The Balaban J connectivity index is 1.48. The predicted octanol–water partition coefficient (Wildman–Crippen LogP) is 6.57. The number of aryl methyl sites for hydroxylation is 1. The summed E-state index contributed by atoms with van der Waals surface area (Å²) in [5, 5.41) is 19.0. The van der Waals surface area contributed by atoms with Crippen LogP contribution >= 0.6 is 0 Å². The average Bonchev–Trinajstić information content (AvgIpc) is 3.63. The zero-order valence-electron chi connectivity index (χ0n) is 27.5. The van der Waals surface area contributed by atoms with Gasteiger partial charge in [-0.1, -0.05) is 37.8 Å². The van der Waals surface area contributed by atoms with Crippen LogP contribution in [0.5, 0.6) is 5.75 Å². The highest BCUT2D eigenvalue weighted by Crippen LogP contribution is 2.37. The second-order valence-corrected chi connectivity index (χ2v) is 18.5. The lowest BCUT2D eigenvalue weighted by atomic mass is 10.0. The van der Waals surface area contributed by atoms with Gasteiger partial charge in [0.25, 0.3) is 5.56 Å². The summed E-state index contributed by atoms with van der Waals surface area (Å²) in [7, 11) is 0.306. The molecule has 11 nitrogen and oxygen atoms in total. The molecule has 0 fully saturated rings. The molecule has 0 bridgehead atoms. The summed E-state index contributed by atoms with van der Waals surface area (Å²) in [6.07, 6.45) is 5.30. The van der Waals surface area contributed by atoms with Crippen molar-refractivity contribution in [2.45, 2.75) is 52.3 Å². The van der Waals surface area contributed by atoms with Crippen molar-refractivity contribution in [3.05, 3.63) is 101 Å². The molecular formula is C35H38N8O3Si. The lowest BCUT2D eigenvalue weighted by Crippen LogP contribution is -2.29. The number of hydrogen-bond donors (Lipinski definition) is 1. The first-order valence-electron chi connectivity index (χ1n) is 15.5. The van der Waals surface area contributed by atoms with Crippen molar-refractivity contribution in [1.82, 2.24) is 28.7 Å². The van der Waals surface area contributed by atoms with Gasteiger partial charge in [-0.25, -0.2) is 14.5 Å². The number of nitrogens with one attached hydrogen (secondary N) is 1. The van der Waals surface area contributed by atoms with E-state index in [4.69, 9.17) is 14.6 Å². The van der Waals surface area contributed by atoms with Gasteiger partial charge in [-0.15, -0.1) is 0 Å². The Bertz CT molecular complexity index is 2170. The Morgan fingerprint density at radius 3 is 2.60 bits per heavy atom. The van der Waals surface area contributed by atoms with Crippen molar-refractivity contribution in [3.8, 4) is 28.6 Å². The van der Waals surface area contributed by atoms with Crippen LogP contribution in [0.3, 0.4) is 0 Å². The molecule has 1 N–H and O–H groups in total. The Morgan fingerprint density at radius 2 is 1.87 bits per heavy atom. The first-order valence-corrected chi connectivity index (χ1v) is 19.2. The maximum atomic E-state index is 13.9. The average molecular weight is 647 g/mol. The molecular weight excluding hydrogens is 609 g/mol. The number of para-hydroxylation sites is 1. The van der Waals surface area contributed by atoms with Crippen LogP contribution in [-0.4, -0.2) is 50.5 Å². The molecule has 0 spiro atoms. The summed E-state index contributed by atoms with van der Waals surface area (Å²) in [5.41, 5.74) is 4.66. The van der Waals surface area contributed by atoms with Crippen molar-refractivity contribution < 1.29 is 9.47 Å². The third kappa shape index (κ3) is 6.40. The van der Waals surface area contributed by atoms with E-state index < -0.39 is 14.1 Å². The van der Waals surface area contributed by atoms with Gasteiger partial charge in [-0.2, -0.15) is 10.4 Å². The van der Waals surface area contributed by atoms with E-state index in [2.05, 4.69) is 41.0 Å². The molecule has 1 unspecified atom stereocenters. The van der Waals surface area contributed by atoms with Gasteiger partial charge >= 0.3 is 0 Å². The first-order chi connectivity index (χ1) is 22.6. The van der Waals surface area contributed by atoms with E-state index in [1.807, 2.05) is 73.1 Å². The van der Waals surface area contributed by atoms with E-state index in [0.717, 1.165) is 28.1 Å². The van der Waals surface area contributed by atoms with E-state index >= 15 is 0 Å². The number of aromatic nitrogens is 6. The quantitative estimate of drug-likeness (QED) is 0.124. The molecule has 0 amide bonds. The molecule has 0 saturated carbocycles. The van der Waals surface area contributed by atoms with E-state index in [1.165, 1.54) is 6.33 Å². The topological polar surface area (TPSA) is 124 Å². The summed E-state index contributed by atoms with van der Waals surface area (Å²) in [6, 6.07) is 19.6. The highest BCUT2D eigenvalue weighted by molar-refractivity contribution is 6.76. The number of nitrogens with zero attached hydrogens (tertiary/aromatic N) is 7. The zero-order chi connectivity index (χ0) is 33.3. The summed E-state index contributed by atoms with van der Waals surface area (Å²) in [4.78, 5) is 23.3. The fourth-order valence-electron chi connectivity index (χ4n) is 5.64. The number of fused-ring (bicyclic) bond motifs is 2. The zero-order valence-corrected chi connectivity index (χ0v) is 28.5. The van der Waals surface area contributed by atoms with Crippen molar-refractivity contribution in [2.75, 3.05) is 19.0 Å². The highest BCUT2D eigenvalue weighted by Gasteiger charge is 2.23. The van der Waals surface area contributed by atoms with Crippen LogP contribution in [0.2, 0.25) is 25.7 Å².